The van der Waals surface area contributed by atoms with Crippen molar-refractivity contribution >= 4 is 0 Å². The lowest BCUT2D eigenvalue weighted by molar-refractivity contribution is -0.0155. The lowest BCUT2D eigenvalue weighted by Crippen LogP contribution is -2.50. The second-order valence-electron chi connectivity index (χ2n) is 7.00. The summed E-state index contributed by atoms with van der Waals surface area (Å²) in [5, 5.41) is 10.5. The van der Waals surface area contributed by atoms with Gasteiger partial charge in [-0.2, -0.15) is 0 Å². The fourth-order valence-electron chi connectivity index (χ4n) is 4.46. The van der Waals surface area contributed by atoms with Crippen LogP contribution in [0.25, 0.3) is 0 Å². The number of hydrogen-bond donors (Lipinski definition) is 1. The maximum atomic E-state index is 10.5. The third kappa shape index (κ3) is 2.77. The molecule has 110 valence electrons. The van der Waals surface area contributed by atoms with Gasteiger partial charge >= 0.3 is 0 Å². The number of likely N-dealkylation sites (tertiary alicyclic amines) is 1. The minimum absolute atomic E-state index is 0.136. The van der Waals surface area contributed by atoms with Gasteiger partial charge in [0.05, 0.1) is 6.10 Å². The van der Waals surface area contributed by atoms with E-state index < -0.39 is 0 Å². The van der Waals surface area contributed by atoms with Crippen molar-refractivity contribution in [3.63, 3.8) is 0 Å². The number of rotatable bonds is 2. The Bertz CT molecular complexity index is 420. The molecule has 1 saturated heterocycles. The summed E-state index contributed by atoms with van der Waals surface area (Å²) in [6, 6.07) is 11.2. The summed E-state index contributed by atoms with van der Waals surface area (Å²) in [4.78, 5) is 2.55. The van der Waals surface area contributed by atoms with Crippen molar-refractivity contribution < 1.29 is 5.11 Å². The van der Waals surface area contributed by atoms with E-state index in [-0.39, 0.29) is 6.10 Å². The van der Waals surface area contributed by atoms with Crippen molar-refractivity contribution in [2.45, 2.75) is 51.2 Å². The van der Waals surface area contributed by atoms with E-state index in [0.29, 0.717) is 23.8 Å². The van der Waals surface area contributed by atoms with Crippen LogP contribution >= 0.6 is 0 Å². The van der Waals surface area contributed by atoms with Crippen LogP contribution in [0.5, 0.6) is 0 Å². The first kappa shape index (κ1) is 14.1. The van der Waals surface area contributed by atoms with Crippen LogP contribution in [0.15, 0.2) is 30.3 Å². The van der Waals surface area contributed by atoms with Gasteiger partial charge in [-0.05, 0) is 49.1 Å². The molecule has 1 heterocycles. The molecule has 20 heavy (non-hydrogen) atoms. The van der Waals surface area contributed by atoms with Crippen molar-refractivity contribution in [3.05, 3.63) is 35.9 Å². The summed E-state index contributed by atoms with van der Waals surface area (Å²) in [7, 11) is 0. The van der Waals surface area contributed by atoms with Gasteiger partial charge in [0.25, 0.3) is 0 Å². The normalized spacial score (nSPS) is 39.0. The molecule has 1 aromatic rings. The van der Waals surface area contributed by atoms with Crippen molar-refractivity contribution in [2.24, 2.45) is 11.8 Å². The molecule has 1 N–H and O–H groups in total. The zero-order valence-corrected chi connectivity index (χ0v) is 12.7. The maximum Gasteiger partial charge on any atom is 0.0700 e. The molecule has 2 heteroatoms. The molecule has 5 atom stereocenters. The van der Waals surface area contributed by atoms with Crippen molar-refractivity contribution in [1.29, 1.82) is 0 Å². The Balaban J connectivity index is 1.68. The average Bonchev–Trinajstić information content (AvgIpc) is 2.88. The van der Waals surface area contributed by atoms with Gasteiger partial charge < -0.3 is 5.11 Å². The van der Waals surface area contributed by atoms with Crippen LogP contribution in [0, 0.1) is 11.8 Å². The van der Waals surface area contributed by atoms with E-state index in [2.05, 4.69) is 49.1 Å². The molecular formula is C18H27NO. The zero-order chi connectivity index (χ0) is 14.1. The average molecular weight is 273 g/mol. The largest absolute Gasteiger partial charge is 0.391 e. The van der Waals surface area contributed by atoms with Crippen LogP contribution in [-0.4, -0.2) is 35.2 Å². The molecule has 1 aromatic carbocycles. The van der Waals surface area contributed by atoms with Crippen molar-refractivity contribution in [2.75, 3.05) is 13.1 Å². The zero-order valence-electron chi connectivity index (χ0n) is 12.7. The molecule has 0 bridgehead atoms. The number of benzene rings is 1. The van der Waals surface area contributed by atoms with Crippen LogP contribution in [0.1, 0.15) is 44.6 Å². The molecule has 0 amide bonds. The first-order chi connectivity index (χ1) is 9.65. The molecule has 0 spiro atoms. The number of aliphatic hydroxyl groups is 1. The minimum Gasteiger partial charge on any atom is -0.391 e. The highest BCUT2D eigenvalue weighted by molar-refractivity contribution is 5.21. The van der Waals surface area contributed by atoms with E-state index in [9.17, 15) is 5.11 Å². The molecule has 5 unspecified atom stereocenters. The summed E-state index contributed by atoms with van der Waals surface area (Å²) in [5.41, 5.74) is 1.46. The van der Waals surface area contributed by atoms with E-state index in [4.69, 9.17) is 0 Å². The van der Waals surface area contributed by atoms with Crippen LogP contribution in [-0.2, 0) is 0 Å². The van der Waals surface area contributed by atoms with E-state index in [0.717, 1.165) is 19.5 Å². The van der Waals surface area contributed by atoms with Crippen LogP contribution in [0.2, 0.25) is 0 Å². The van der Waals surface area contributed by atoms with E-state index in [1.165, 1.54) is 18.4 Å². The Kier molecular flexibility index (Phi) is 4.13. The molecule has 2 fully saturated rings. The van der Waals surface area contributed by atoms with Gasteiger partial charge in [-0.1, -0.05) is 44.2 Å². The maximum absolute atomic E-state index is 10.5. The third-order valence-corrected chi connectivity index (χ3v) is 5.31. The number of hydrogen-bond acceptors (Lipinski definition) is 2. The summed E-state index contributed by atoms with van der Waals surface area (Å²) >= 11 is 0. The van der Waals surface area contributed by atoms with Gasteiger partial charge in [0.1, 0.15) is 0 Å². The van der Waals surface area contributed by atoms with Gasteiger partial charge in [0, 0.05) is 12.6 Å². The predicted octanol–water partition coefficient (Wildman–Crippen LogP) is 3.27. The summed E-state index contributed by atoms with van der Waals surface area (Å²) < 4.78 is 0. The molecule has 3 rings (SSSR count). The third-order valence-electron chi connectivity index (χ3n) is 5.31. The van der Waals surface area contributed by atoms with Crippen LogP contribution < -0.4 is 0 Å². The smallest absolute Gasteiger partial charge is 0.0700 e. The van der Waals surface area contributed by atoms with Gasteiger partial charge in [0.2, 0.25) is 0 Å². The highest BCUT2D eigenvalue weighted by Crippen LogP contribution is 2.36. The van der Waals surface area contributed by atoms with Gasteiger partial charge in [-0.15, -0.1) is 0 Å². The van der Waals surface area contributed by atoms with Crippen LogP contribution in [0.4, 0.5) is 0 Å². The Hall–Kier alpha value is -0.860. The van der Waals surface area contributed by atoms with Crippen molar-refractivity contribution in [1.82, 2.24) is 4.90 Å². The molecular weight excluding hydrogens is 246 g/mol. The van der Waals surface area contributed by atoms with Gasteiger partial charge in [-0.25, -0.2) is 0 Å². The Morgan fingerprint density at radius 2 is 1.85 bits per heavy atom. The molecule has 1 aliphatic heterocycles. The standard InChI is InChI=1S/C18H27NO/c1-13-10-14(2)18(17(20)11-13)19-9-8-16(12-19)15-6-4-3-5-7-15/h3-7,13-14,16-18,20H,8-12H2,1-2H3. The summed E-state index contributed by atoms with van der Waals surface area (Å²) in [5.74, 6) is 1.93. The predicted molar refractivity (Wildman–Crippen MR) is 82.7 cm³/mol. The lowest BCUT2D eigenvalue weighted by atomic mass is 9.77. The molecule has 2 aliphatic rings. The Morgan fingerprint density at radius 1 is 1.10 bits per heavy atom. The fraction of sp³-hybridized carbons (Fsp3) is 0.667. The lowest BCUT2D eigenvalue weighted by Gasteiger charge is -2.42. The van der Waals surface area contributed by atoms with Crippen LogP contribution in [0.3, 0.4) is 0 Å². The fourth-order valence-corrected chi connectivity index (χ4v) is 4.46. The molecule has 0 radical (unpaired) electrons. The Labute approximate surface area is 122 Å². The highest BCUT2D eigenvalue weighted by atomic mass is 16.3. The SMILES string of the molecule is CC1CC(C)C(N2CCC(c3ccccc3)C2)C(O)C1. The molecule has 1 aliphatic carbocycles. The Morgan fingerprint density at radius 3 is 2.55 bits per heavy atom. The van der Waals surface area contributed by atoms with E-state index >= 15 is 0 Å². The molecule has 2 nitrogen and oxygen atoms in total. The van der Waals surface area contributed by atoms with Crippen molar-refractivity contribution in [3.8, 4) is 0 Å². The van der Waals surface area contributed by atoms with E-state index in [1.807, 2.05) is 0 Å². The quantitative estimate of drug-likeness (QED) is 0.894. The second-order valence-corrected chi connectivity index (χ2v) is 7.00. The highest BCUT2D eigenvalue weighted by Gasteiger charge is 2.39. The monoisotopic (exact) mass is 273 g/mol. The van der Waals surface area contributed by atoms with Gasteiger partial charge in [-0.3, -0.25) is 4.90 Å². The second kappa shape index (κ2) is 5.87. The topological polar surface area (TPSA) is 23.5 Å². The number of aliphatic hydroxyl groups excluding tert-OH is 1. The summed E-state index contributed by atoms with van der Waals surface area (Å²) in [6.45, 7) is 6.84. The number of nitrogens with zero attached hydrogens (tertiary/aromatic N) is 1. The van der Waals surface area contributed by atoms with E-state index in [1.54, 1.807) is 0 Å². The minimum atomic E-state index is -0.136. The first-order valence-electron chi connectivity index (χ1n) is 8.12. The van der Waals surface area contributed by atoms with Gasteiger partial charge in [0.15, 0.2) is 0 Å². The summed E-state index contributed by atoms with van der Waals surface area (Å²) in [6.07, 6.45) is 3.33. The molecule has 0 aromatic heterocycles. The molecule has 1 saturated carbocycles. The first-order valence-corrected chi connectivity index (χ1v) is 8.12.